The zero-order valence-corrected chi connectivity index (χ0v) is 18.7. The summed E-state index contributed by atoms with van der Waals surface area (Å²) in [5.41, 5.74) is 6.96. The Labute approximate surface area is 188 Å². The van der Waals surface area contributed by atoms with Crippen molar-refractivity contribution in [1.82, 2.24) is 20.6 Å². The summed E-state index contributed by atoms with van der Waals surface area (Å²) in [5, 5.41) is 6.00. The minimum absolute atomic E-state index is 0.229. The van der Waals surface area contributed by atoms with E-state index in [0.717, 1.165) is 11.1 Å². The lowest BCUT2D eigenvalue weighted by atomic mass is 10.1. The maximum absolute atomic E-state index is 12.8. The van der Waals surface area contributed by atoms with E-state index in [1.165, 1.54) is 18.4 Å². The number of primary amides is 1. The molecule has 3 aromatic rings. The van der Waals surface area contributed by atoms with Gasteiger partial charge in [0.15, 0.2) is 5.82 Å². The number of nitrogens with two attached hydrogens (primary N) is 1. The Bertz CT molecular complexity index is 1160. The molecule has 0 radical (unpaired) electrons. The molecular formula is C21H23N5O5S. The Kier molecular flexibility index (Phi) is 7.33. The Morgan fingerprint density at radius 3 is 2.41 bits per heavy atom. The first kappa shape index (κ1) is 23.1. The van der Waals surface area contributed by atoms with Crippen LogP contribution in [0.15, 0.2) is 24.3 Å². The zero-order valence-electron chi connectivity index (χ0n) is 17.9. The highest BCUT2D eigenvalue weighted by Gasteiger charge is 2.21. The molecule has 3 amide bonds. The van der Waals surface area contributed by atoms with E-state index in [2.05, 4.69) is 20.6 Å². The first-order valence-corrected chi connectivity index (χ1v) is 10.4. The molecule has 0 unspecified atom stereocenters. The molecule has 0 saturated carbocycles. The van der Waals surface area contributed by atoms with Crippen LogP contribution in [0.4, 0.5) is 0 Å². The van der Waals surface area contributed by atoms with Crippen LogP contribution in [0.1, 0.15) is 37.0 Å². The smallest absolute Gasteiger partial charge is 0.261 e. The number of thiophene rings is 1. The van der Waals surface area contributed by atoms with Gasteiger partial charge in [-0.1, -0.05) is 12.1 Å². The number of methoxy groups -OCH3 is 2. The molecule has 2 aromatic heterocycles. The average molecular weight is 458 g/mol. The molecule has 0 aliphatic carbocycles. The van der Waals surface area contributed by atoms with Crippen molar-refractivity contribution >= 4 is 39.3 Å². The normalized spacial score (nSPS) is 10.7. The van der Waals surface area contributed by atoms with Gasteiger partial charge in [-0.05, 0) is 30.2 Å². The minimum Gasteiger partial charge on any atom is -0.480 e. The third-order valence-corrected chi connectivity index (χ3v) is 5.75. The molecule has 10 nitrogen and oxygen atoms in total. The van der Waals surface area contributed by atoms with Crippen molar-refractivity contribution < 1.29 is 23.9 Å². The SMILES string of the molecule is COCc1nc(OC)c2c(C)c(C(=O)NCc3ccc(C(=O)NCC(N)=O)cc3)sc2n1. The van der Waals surface area contributed by atoms with Crippen molar-refractivity contribution in [3.63, 3.8) is 0 Å². The van der Waals surface area contributed by atoms with Gasteiger partial charge in [-0.15, -0.1) is 11.3 Å². The van der Waals surface area contributed by atoms with E-state index in [0.29, 0.717) is 32.4 Å². The molecule has 0 fully saturated rings. The van der Waals surface area contributed by atoms with E-state index in [1.54, 1.807) is 31.4 Å². The number of nitrogens with zero attached hydrogens (tertiary/aromatic N) is 2. The monoisotopic (exact) mass is 457 g/mol. The maximum Gasteiger partial charge on any atom is 0.261 e. The molecule has 0 aliphatic heterocycles. The van der Waals surface area contributed by atoms with Crippen molar-refractivity contribution in [2.45, 2.75) is 20.1 Å². The number of amides is 3. The standard InChI is InChI=1S/C21H23N5O5S/c1-11-16-20(31-3)25-15(10-30-2)26-21(16)32-17(11)19(29)23-8-12-4-6-13(7-5-12)18(28)24-9-14(22)27/h4-7H,8-10H2,1-3H3,(H2,22,27)(H,23,29)(H,24,28). The lowest BCUT2D eigenvalue weighted by Crippen LogP contribution is -2.33. The molecule has 0 bridgehead atoms. The van der Waals surface area contributed by atoms with Crippen molar-refractivity contribution in [2.24, 2.45) is 5.73 Å². The fourth-order valence-electron chi connectivity index (χ4n) is 3.01. The molecule has 0 atom stereocenters. The van der Waals surface area contributed by atoms with Gasteiger partial charge in [0, 0.05) is 19.2 Å². The van der Waals surface area contributed by atoms with Crippen LogP contribution in [0, 0.1) is 6.92 Å². The molecule has 3 rings (SSSR count). The van der Waals surface area contributed by atoms with E-state index in [4.69, 9.17) is 15.2 Å². The molecule has 0 spiro atoms. The molecule has 4 N–H and O–H groups in total. The summed E-state index contributed by atoms with van der Waals surface area (Å²) >= 11 is 1.26. The van der Waals surface area contributed by atoms with E-state index in [1.807, 2.05) is 6.92 Å². The number of hydrogen-bond acceptors (Lipinski definition) is 8. The number of fused-ring (bicyclic) bond motifs is 1. The Morgan fingerprint density at radius 2 is 1.78 bits per heavy atom. The summed E-state index contributed by atoms with van der Waals surface area (Å²) in [6.45, 7) is 2.11. The van der Waals surface area contributed by atoms with Crippen LogP contribution >= 0.6 is 11.3 Å². The quantitative estimate of drug-likeness (QED) is 0.439. The van der Waals surface area contributed by atoms with Crippen LogP contribution < -0.4 is 21.1 Å². The van der Waals surface area contributed by atoms with Crippen LogP contribution in [-0.4, -0.2) is 48.5 Å². The predicted octanol–water partition coefficient (Wildman–Crippen LogP) is 1.30. The highest BCUT2D eigenvalue weighted by molar-refractivity contribution is 7.20. The molecule has 2 heterocycles. The van der Waals surface area contributed by atoms with Gasteiger partial charge in [-0.3, -0.25) is 14.4 Å². The van der Waals surface area contributed by atoms with Crippen molar-refractivity contribution in [1.29, 1.82) is 0 Å². The first-order valence-electron chi connectivity index (χ1n) is 9.60. The Balaban J connectivity index is 1.71. The number of aryl methyl sites for hydroxylation is 1. The highest BCUT2D eigenvalue weighted by Crippen LogP contribution is 2.35. The maximum atomic E-state index is 12.8. The number of hydrogen-bond donors (Lipinski definition) is 3. The number of carbonyl (C=O) groups is 3. The summed E-state index contributed by atoms with van der Waals surface area (Å²) in [7, 11) is 3.08. The predicted molar refractivity (Wildman–Crippen MR) is 119 cm³/mol. The van der Waals surface area contributed by atoms with E-state index in [-0.39, 0.29) is 25.6 Å². The van der Waals surface area contributed by atoms with Gasteiger partial charge in [-0.2, -0.15) is 4.98 Å². The van der Waals surface area contributed by atoms with Crippen molar-refractivity contribution in [3.8, 4) is 5.88 Å². The van der Waals surface area contributed by atoms with Crippen LogP contribution in [0.25, 0.3) is 10.2 Å². The van der Waals surface area contributed by atoms with Gasteiger partial charge < -0.3 is 25.8 Å². The summed E-state index contributed by atoms with van der Waals surface area (Å²) in [4.78, 5) is 45.5. The fraction of sp³-hybridized carbons (Fsp3) is 0.286. The topological polar surface area (TPSA) is 146 Å². The first-order chi connectivity index (χ1) is 15.3. The highest BCUT2D eigenvalue weighted by atomic mass is 32.1. The third kappa shape index (κ3) is 5.18. The minimum atomic E-state index is -0.618. The second-order valence-corrected chi connectivity index (χ2v) is 7.85. The zero-order chi connectivity index (χ0) is 23.3. The summed E-state index contributed by atoms with van der Waals surface area (Å²) < 4.78 is 10.5. The summed E-state index contributed by atoms with van der Waals surface area (Å²) in [5.74, 6) is -0.384. The third-order valence-electron chi connectivity index (χ3n) is 4.57. The lowest BCUT2D eigenvalue weighted by molar-refractivity contribution is -0.117. The largest absolute Gasteiger partial charge is 0.480 e. The van der Waals surface area contributed by atoms with Gasteiger partial charge >= 0.3 is 0 Å². The molecule has 168 valence electrons. The second-order valence-electron chi connectivity index (χ2n) is 6.85. The number of rotatable bonds is 9. The van der Waals surface area contributed by atoms with Crippen LogP contribution in [0.5, 0.6) is 5.88 Å². The van der Waals surface area contributed by atoms with Gasteiger partial charge in [0.1, 0.15) is 11.4 Å². The van der Waals surface area contributed by atoms with E-state index in [9.17, 15) is 14.4 Å². The van der Waals surface area contributed by atoms with E-state index >= 15 is 0 Å². The number of carbonyl (C=O) groups excluding carboxylic acids is 3. The van der Waals surface area contributed by atoms with Gasteiger partial charge in [0.2, 0.25) is 11.8 Å². The molecular weight excluding hydrogens is 434 g/mol. The number of benzene rings is 1. The average Bonchev–Trinajstić information content (AvgIpc) is 3.12. The lowest BCUT2D eigenvalue weighted by Gasteiger charge is -2.07. The van der Waals surface area contributed by atoms with Gasteiger partial charge in [0.25, 0.3) is 11.8 Å². The van der Waals surface area contributed by atoms with Crippen LogP contribution in [0.3, 0.4) is 0 Å². The molecule has 1 aromatic carbocycles. The second kappa shape index (κ2) is 10.2. The Hall–Kier alpha value is -3.57. The Morgan fingerprint density at radius 1 is 1.06 bits per heavy atom. The number of nitrogens with one attached hydrogen (secondary N) is 2. The van der Waals surface area contributed by atoms with E-state index < -0.39 is 11.8 Å². The van der Waals surface area contributed by atoms with Crippen molar-refractivity contribution in [3.05, 3.63) is 51.7 Å². The summed E-state index contributed by atoms with van der Waals surface area (Å²) in [6, 6.07) is 6.67. The fourth-order valence-corrected chi connectivity index (χ4v) is 4.12. The number of aromatic nitrogens is 2. The molecule has 0 aliphatic rings. The summed E-state index contributed by atoms with van der Waals surface area (Å²) in [6.07, 6.45) is 0. The van der Waals surface area contributed by atoms with Crippen LogP contribution in [0.2, 0.25) is 0 Å². The molecule has 11 heteroatoms. The molecule has 0 saturated heterocycles. The van der Waals surface area contributed by atoms with Crippen LogP contribution in [-0.2, 0) is 22.7 Å². The van der Waals surface area contributed by atoms with Gasteiger partial charge in [-0.25, -0.2) is 4.98 Å². The molecule has 32 heavy (non-hydrogen) atoms. The number of ether oxygens (including phenoxy) is 2. The van der Waals surface area contributed by atoms with Crippen molar-refractivity contribution in [2.75, 3.05) is 20.8 Å². The van der Waals surface area contributed by atoms with Gasteiger partial charge in [0.05, 0.1) is 23.9 Å².